The van der Waals surface area contributed by atoms with Crippen LogP contribution in [0.5, 0.6) is 11.5 Å². The maximum atomic E-state index is 12.1. The monoisotopic (exact) mass is 300 g/mol. The molecule has 0 aromatic heterocycles. The molecule has 0 bridgehead atoms. The van der Waals surface area contributed by atoms with Gasteiger partial charge in [-0.3, -0.25) is 4.79 Å². The Bertz CT molecular complexity index is 690. The average Bonchev–Trinajstić information content (AvgIpc) is 2.53. The molecule has 1 heterocycles. The van der Waals surface area contributed by atoms with Gasteiger partial charge in [0, 0.05) is 16.1 Å². The summed E-state index contributed by atoms with van der Waals surface area (Å²) in [5.74, 6) is 1.31. The molecule has 0 saturated carbocycles. The molecule has 0 unspecified atom stereocenters. The van der Waals surface area contributed by atoms with E-state index >= 15 is 0 Å². The Kier molecular flexibility index (Phi) is 3.93. The summed E-state index contributed by atoms with van der Waals surface area (Å²) in [4.78, 5) is 12.1. The number of para-hydroxylation sites is 1. The molecule has 0 saturated heterocycles. The number of ketones is 1. The second kappa shape index (κ2) is 6.02. The van der Waals surface area contributed by atoms with Gasteiger partial charge < -0.3 is 9.47 Å². The summed E-state index contributed by atoms with van der Waals surface area (Å²) in [6, 6.07) is 12.4. The lowest BCUT2D eigenvalue weighted by atomic mass is 10.1. The second-order valence-corrected chi connectivity index (χ2v) is 5.01. The Morgan fingerprint density at radius 1 is 1.05 bits per heavy atom. The minimum atomic E-state index is -0.0824. The zero-order valence-corrected chi connectivity index (χ0v) is 12.0. The molecule has 1 aliphatic heterocycles. The van der Waals surface area contributed by atoms with Crippen molar-refractivity contribution in [2.45, 2.75) is 0 Å². The molecule has 21 heavy (non-hydrogen) atoms. The van der Waals surface area contributed by atoms with Crippen LogP contribution in [0.25, 0.3) is 6.08 Å². The SMILES string of the molecule is O=C(/C=C/c1cccc2c1OCCO2)c1ccc(Cl)cc1. The zero-order chi connectivity index (χ0) is 14.7. The maximum Gasteiger partial charge on any atom is 0.185 e. The van der Waals surface area contributed by atoms with Crippen LogP contribution >= 0.6 is 11.6 Å². The zero-order valence-electron chi connectivity index (χ0n) is 11.2. The third-order valence-electron chi connectivity index (χ3n) is 3.14. The highest BCUT2D eigenvalue weighted by Gasteiger charge is 2.14. The predicted molar refractivity (Wildman–Crippen MR) is 82.2 cm³/mol. The first-order valence-corrected chi connectivity index (χ1v) is 6.98. The molecule has 4 heteroatoms. The van der Waals surface area contributed by atoms with Gasteiger partial charge in [-0.1, -0.05) is 23.7 Å². The van der Waals surface area contributed by atoms with E-state index in [1.54, 1.807) is 30.3 Å². The summed E-state index contributed by atoms with van der Waals surface area (Å²) in [5, 5.41) is 0.609. The predicted octanol–water partition coefficient (Wildman–Crippen LogP) is 4.01. The van der Waals surface area contributed by atoms with Crippen LogP contribution < -0.4 is 9.47 Å². The van der Waals surface area contributed by atoms with Crippen molar-refractivity contribution in [1.82, 2.24) is 0 Å². The Hall–Kier alpha value is -2.26. The average molecular weight is 301 g/mol. The van der Waals surface area contributed by atoms with E-state index in [-0.39, 0.29) is 5.78 Å². The number of fused-ring (bicyclic) bond motifs is 1. The molecule has 106 valence electrons. The molecule has 0 N–H and O–H groups in total. The molecule has 0 amide bonds. The van der Waals surface area contributed by atoms with Crippen molar-refractivity contribution in [2.24, 2.45) is 0 Å². The highest BCUT2D eigenvalue weighted by atomic mass is 35.5. The van der Waals surface area contributed by atoms with Crippen LogP contribution in [-0.4, -0.2) is 19.0 Å². The Morgan fingerprint density at radius 3 is 2.62 bits per heavy atom. The molecular weight excluding hydrogens is 288 g/mol. The highest BCUT2D eigenvalue weighted by molar-refractivity contribution is 6.30. The fraction of sp³-hybridized carbons (Fsp3) is 0.118. The number of ether oxygens (including phenoxy) is 2. The number of rotatable bonds is 3. The van der Waals surface area contributed by atoms with Gasteiger partial charge in [0.2, 0.25) is 0 Å². The van der Waals surface area contributed by atoms with E-state index in [1.165, 1.54) is 6.08 Å². The van der Waals surface area contributed by atoms with E-state index in [9.17, 15) is 4.79 Å². The molecule has 0 atom stereocenters. The molecule has 0 fully saturated rings. The van der Waals surface area contributed by atoms with E-state index in [0.29, 0.717) is 35.3 Å². The largest absolute Gasteiger partial charge is 0.486 e. The summed E-state index contributed by atoms with van der Waals surface area (Å²) < 4.78 is 11.1. The summed E-state index contributed by atoms with van der Waals surface area (Å²) in [5.41, 5.74) is 1.42. The third kappa shape index (κ3) is 3.09. The van der Waals surface area contributed by atoms with Gasteiger partial charge in [-0.15, -0.1) is 0 Å². The van der Waals surface area contributed by atoms with Crippen LogP contribution in [0.4, 0.5) is 0 Å². The lowest BCUT2D eigenvalue weighted by molar-refractivity contribution is 0.104. The number of hydrogen-bond donors (Lipinski definition) is 0. The van der Waals surface area contributed by atoms with Crippen molar-refractivity contribution in [3.05, 3.63) is 64.7 Å². The number of benzene rings is 2. The van der Waals surface area contributed by atoms with Gasteiger partial charge in [0.05, 0.1) is 0 Å². The lowest BCUT2D eigenvalue weighted by Gasteiger charge is -2.19. The van der Waals surface area contributed by atoms with Gasteiger partial charge in [0.15, 0.2) is 17.3 Å². The molecule has 0 spiro atoms. The Balaban J connectivity index is 1.83. The minimum Gasteiger partial charge on any atom is -0.486 e. The summed E-state index contributed by atoms with van der Waals surface area (Å²) >= 11 is 5.81. The van der Waals surface area contributed by atoms with Crippen molar-refractivity contribution in [1.29, 1.82) is 0 Å². The highest BCUT2D eigenvalue weighted by Crippen LogP contribution is 2.34. The molecule has 2 aromatic carbocycles. The Morgan fingerprint density at radius 2 is 1.81 bits per heavy atom. The van der Waals surface area contributed by atoms with E-state index in [0.717, 1.165) is 5.56 Å². The van der Waals surface area contributed by atoms with Crippen LogP contribution in [0, 0.1) is 0 Å². The van der Waals surface area contributed by atoms with Crippen molar-refractivity contribution >= 4 is 23.5 Å². The molecular formula is C17H13ClO3. The maximum absolute atomic E-state index is 12.1. The van der Waals surface area contributed by atoms with Crippen LogP contribution in [-0.2, 0) is 0 Å². The number of halogens is 1. The first-order chi connectivity index (χ1) is 10.2. The quantitative estimate of drug-likeness (QED) is 0.635. The Labute approximate surface area is 127 Å². The standard InChI is InChI=1S/C17H13ClO3/c18-14-7-4-12(5-8-14)15(19)9-6-13-2-1-3-16-17(13)21-11-10-20-16/h1-9H,10-11H2/b9-6+. The molecule has 2 aromatic rings. The van der Waals surface area contributed by atoms with Crippen LogP contribution in [0.3, 0.4) is 0 Å². The van der Waals surface area contributed by atoms with Gasteiger partial charge in [0.1, 0.15) is 13.2 Å². The molecule has 3 nitrogen and oxygen atoms in total. The molecule has 0 aliphatic carbocycles. The first kappa shape index (κ1) is 13.7. The molecule has 3 rings (SSSR count). The topological polar surface area (TPSA) is 35.5 Å². The van der Waals surface area contributed by atoms with Gasteiger partial charge in [-0.2, -0.15) is 0 Å². The van der Waals surface area contributed by atoms with Gasteiger partial charge in [0.25, 0.3) is 0 Å². The van der Waals surface area contributed by atoms with Crippen LogP contribution in [0.2, 0.25) is 5.02 Å². The smallest absolute Gasteiger partial charge is 0.185 e. The fourth-order valence-corrected chi connectivity index (χ4v) is 2.23. The lowest BCUT2D eigenvalue weighted by Crippen LogP contribution is -2.15. The van der Waals surface area contributed by atoms with Gasteiger partial charge >= 0.3 is 0 Å². The third-order valence-corrected chi connectivity index (χ3v) is 3.39. The van der Waals surface area contributed by atoms with Crippen molar-refractivity contribution in [3.8, 4) is 11.5 Å². The molecule has 1 aliphatic rings. The minimum absolute atomic E-state index is 0.0824. The van der Waals surface area contributed by atoms with Crippen molar-refractivity contribution < 1.29 is 14.3 Å². The number of carbonyl (C=O) groups excluding carboxylic acids is 1. The van der Waals surface area contributed by atoms with Crippen LogP contribution in [0.1, 0.15) is 15.9 Å². The fourth-order valence-electron chi connectivity index (χ4n) is 2.10. The van der Waals surface area contributed by atoms with E-state index in [2.05, 4.69) is 0 Å². The summed E-state index contributed by atoms with van der Waals surface area (Å²) in [6.07, 6.45) is 3.27. The van der Waals surface area contributed by atoms with Crippen LogP contribution in [0.15, 0.2) is 48.5 Å². The van der Waals surface area contributed by atoms with Gasteiger partial charge in [-0.05, 0) is 42.5 Å². The number of allylic oxidation sites excluding steroid dienone is 1. The van der Waals surface area contributed by atoms with E-state index < -0.39 is 0 Å². The normalized spacial score (nSPS) is 13.4. The van der Waals surface area contributed by atoms with Crippen molar-refractivity contribution in [2.75, 3.05) is 13.2 Å². The number of hydrogen-bond acceptors (Lipinski definition) is 3. The first-order valence-electron chi connectivity index (χ1n) is 6.60. The number of carbonyl (C=O) groups is 1. The van der Waals surface area contributed by atoms with Crippen molar-refractivity contribution in [3.63, 3.8) is 0 Å². The summed E-state index contributed by atoms with van der Waals surface area (Å²) in [6.45, 7) is 1.06. The summed E-state index contributed by atoms with van der Waals surface area (Å²) in [7, 11) is 0. The van der Waals surface area contributed by atoms with E-state index in [4.69, 9.17) is 21.1 Å². The van der Waals surface area contributed by atoms with E-state index in [1.807, 2.05) is 18.2 Å². The van der Waals surface area contributed by atoms with Gasteiger partial charge in [-0.25, -0.2) is 0 Å². The molecule has 0 radical (unpaired) electrons. The second-order valence-electron chi connectivity index (χ2n) is 4.58.